The average molecular weight is 793 g/mol. The van der Waals surface area contributed by atoms with Crippen LogP contribution in [0.25, 0.3) is 0 Å². The van der Waals surface area contributed by atoms with Crippen molar-refractivity contribution in [3.8, 4) is 0 Å². The Morgan fingerprint density at radius 3 is 1.80 bits per heavy atom. The van der Waals surface area contributed by atoms with Crippen LogP contribution in [0.15, 0.2) is 85.5 Å². The quantitative estimate of drug-likeness (QED) is 0.0488. The fourth-order valence-electron chi connectivity index (χ4n) is 7.36. The molecule has 0 saturated carbocycles. The van der Waals surface area contributed by atoms with E-state index < -0.39 is 16.6 Å². The van der Waals surface area contributed by atoms with Gasteiger partial charge in [0.05, 0.1) is 43.7 Å². The Morgan fingerprint density at radius 2 is 1.27 bits per heavy atom. The Hall–Kier alpha value is -1.85. The van der Waals surface area contributed by atoms with E-state index in [0.717, 1.165) is 54.9 Å². The van der Waals surface area contributed by atoms with E-state index in [4.69, 9.17) is 23.1 Å². The molecule has 0 amide bonds. The number of benzene rings is 2. The minimum atomic E-state index is -2.03. The second-order valence-electron chi connectivity index (χ2n) is 17.4. The largest absolute Gasteiger partial charge is 0.408 e. The van der Waals surface area contributed by atoms with E-state index in [2.05, 4.69) is 141 Å². The first-order chi connectivity index (χ1) is 26.4. The van der Waals surface area contributed by atoms with E-state index in [1.165, 1.54) is 44.9 Å². The summed E-state index contributed by atoms with van der Waals surface area (Å²) >= 11 is 0. The molecule has 0 unspecified atom stereocenters. The van der Waals surface area contributed by atoms with Crippen LogP contribution in [0, 0.1) is 0 Å². The molecular weight excluding hydrogens is 713 g/mol. The van der Waals surface area contributed by atoms with Crippen LogP contribution in [-0.4, -0.2) is 53.3 Å². The highest BCUT2D eigenvalue weighted by Gasteiger charge is 2.42. The normalized spacial score (nSPS) is 19.6. The van der Waals surface area contributed by atoms with E-state index >= 15 is 0 Å². The molecule has 0 aromatic heterocycles. The number of hydrogen-bond acceptors (Lipinski definition) is 5. The average Bonchev–Trinajstić information content (AvgIpc) is 3.19. The minimum absolute atomic E-state index is 0.00768. The third-order valence-corrected chi connectivity index (χ3v) is 21.5. The highest BCUT2D eigenvalue weighted by molar-refractivity contribution is 6.74. The first-order valence-corrected chi connectivity index (χ1v) is 27.5. The molecule has 2 aromatic carbocycles. The number of unbranched alkanes of at least 4 members (excludes halogenated alkanes) is 7. The van der Waals surface area contributed by atoms with Crippen LogP contribution in [-0.2, 0) is 36.3 Å². The highest BCUT2D eigenvalue weighted by atomic mass is 28.4. The topological polar surface area (TPSA) is 46.2 Å². The summed E-state index contributed by atoms with van der Waals surface area (Å²) in [6.45, 7) is 26.1. The second-order valence-corrected chi connectivity index (χ2v) is 26.9. The van der Waals surface area contributed by atoms with Gasteiger partial charge in [-0.25, -0.2) is 0 Å². The number of rotatable bonds is 28. The Morgan fingerprint density at radius 1 is 0.727 bits per heavy atom. The van der Waals surface area contributed by atoms with Crippen LogP contribution in [0.4, 0.5) is 0 Å². The van der Waals surface area contributed by atoms with Crippen LogP contribution < -0.4 is 0 Å². The number of hydrogen-bond donors (Lipinski definition) is 0. The van der Waals surface area contributed by atoms with Gasteiger partial charge in [-0.15, -0.1) is 6.58 Å². The summed E-state index contributed by atoms with van der Waals surface area (Å²) in [5, 5.41) is 0.119. The van der Waals surface area contributed by atoms with Gasteiger partial charge < -0.3 is 23.1 Å². The van der Waals surface area contributed by atoms with Gasteiger partial charge in [0.25, 0.3) is 0 Å². The molecule has 1 heterocycles. The van der Waals surface area contributed by atoms with Crippen molar-refractivity contribution in [2.75, 3.05) is 0 Å². The zero-order chi connectivity index (χ0) is 40.2. The Bertz CT molecular complexity index is 1310. The van der Waals surface area contributed by atoms with Crippen molar-refractivity contribution >= 4 is 16.6 Å². The summed E-state index contributed by atoms with van der Waals surface area (Å²) in [5.41, 5.74) is 2.32. The lowest BCUT2D eigenvalue weighted by Crippen LogP contribution is -2.50. The Kier molecular flexibility index (Phi) is 21.4. The van der Waals surface area contributed by atoms with Crippen molar-refractivity contribution < 1.29 is 23.1 Å². The third kappa shape index (κ3) is 16.1. The molecule has 2 aromatic rings. The van der Waals surface area contributed by atoms with E-state index in [9.17, 15) is 0 Å². The molecule has 0 radical (unpaired) electrons. The van der Waals surface area contributed by atoms with E-state index in [0.29, 0.717) is 13.2 Å². The molecule has 0 fully saturated rings. The van der Waals surface area contributed by atoms with Gasteiger partial charge in [-0.3, -0.25) is 0 Å². The van der Waals surface area contributed by atoms with E-state index in [-0.39, 0.29) is 41.7 Å². The van der Waals surface area contributed by atoms with Gasteiger partial charge in [-0.05, 0) is 66.7 Å². The SMILES string of the molecule is C=C[C@H](O[Si](CC)(CC)CC)[C@H](CC[C@H](OCc1ccccc1)[C@@H]1C=C[C@@H](O[Si](C)(C)C(C)(C)C)[C@H](CCCCCCCCCC)O1)OCc1ccccc1. The standard InChI is InChI=1S/C48H80O5Si2/c1-11-16-17-18-19-20-21-28-33-45-47(52-54(9,10)48(6,7)8)37-36-46(51-45)44(50-39-41-31-26-23-27-32-41)35-34-43(49-38-40-29-24-22-25-30-40)42(12-2)53-55(13-3,14-4)15-5/h12,22-27,29-32,36-37,42-47H,2,11,13-21,28,33-35,38-39H2,1,3-10H3/t42-,43-,44-,45-,46-,47+/m0/s1. The van der Waals surface area contributed by atoms with Crippen LogP contribution in [0.1, 0.15) is 130 Å². The molecule has 6 atom stereocenters. The second kappa shape index (κ2) is 24.8. The van der Waals surface area contributed by atoms with Crippen molar-refractivity contribution in [3.05, 3.63) is 96.6 Å². The van der Waals surface area contributed by atoms with E-state index in [1.54, 1.807) is 0 Å². The van der Waals surface area contributed by atoms with Crippen molar-refractivity contribution in [1.29, 1.82) is 0 Å². The molecule has 1 aliphatic rings. The lowest BCUT2D eigenvalue weighted by Gasteiger charge is -2.43. The summed E-state index contributed by atoms with van der Waals surface area (Å²) in [6, 6.07) is 24.2. The first-order valence-electron chi connectivity index (χ1n) is 22.0. The molecule has 5 nitrogen and oxygen atoms in total. The van der Waals surface area contributed by atoms with Gasteiger partial charge in [-0.2, -0.15) is 0 Å². The predicted molar refractivity (Wildman–Crippen MR) is 239 cm³/mol. The third-order valence-electron chi connectivity index (χ3n) is 12.4. The molecule has 7 heteroatoms. The van der Waals surface area contributed by atoms with Gasteiger partial charge in [0, 0.05) is 0 Å². The summed E-state index contributed by atoms with van der Waals surface area (Å²) < 4.78 is 35.0. The molecule has 310 valence electrons. The smallest absolute Gasteiger partial charge is 0.193 e. The monoisotopic (exact) mass is 793 g/mol. The van der Waals surface area contributed by atoms with Crippen LogP contribution in [0.3, 0.4) is 0 Å². The van der Waals surface area contributed by atoms with Crippen molar-refractivity contribution in [2.24, 2.45) is 0 Å². The highest BCUT2D eigenvalue weighted by Crippen LogP contribution is 2.39. The zero-order valence-corrected chi connectivity index (χ0v) is 38.5. The van der Waals surface area contributed by atoms with Crippen molar-refractivity contribution in [1.82, 2.24) is 0 Å². The van der Waals surface area contributed by atoms with Gasteiger partial charge >= 0.3 is 0 Å². The van der Waals surface area contributed by atoms with Crippen molar-refractivity contribution in [3.63, 3.8) is 0 Å². The fraction of sp³-hybridized carbons (Fsp3) is 0.667. The molecule has 0 N–H and O–H groups in total. The van der Waals surface area contributed by atoms with Crippen LogP contribution in [0.2, 0.25) is 36.3 Å². The lowest BCUT2D eigenvalue weighted by atomic mass is 9.97. The molecule has 0 aliphatic carbocycles. The molecule has 0 spiro atoms. The molecule has 0 saturated heterocycles. The maximum absolute atomic E-state index is 7.15. The van der Waals surface area contributed by atoms with Crippen molar-refractivity contribution in [2.45, 2.75) is 205 Å². The maximum Gasteiger partial charge on any atom is 0.193 e. The molecule has 1 aliphatic heterocycles. The van der Waals surface area contributed by atoms with Crippen LogP contribution >= 0.6 is 0 Å². The Balaban J connectivity index is 1.87. The van der Waals surface area contributed by atoms with Gasteiger partial charge in [0.2, 0.25) is 0 Å². The van der Waals surface area contributed by atoms with Gasteiger partial charge in [0.15, 0.2) is 16.6 Å². The Labute approximate surface area is 340 Å². The molecular formula is C48H80O5Si2. The number of ether oxygens (including phenoxy) is 3. The molecule has 55 heavy (non-hydrogen) atoms. The summed E-state index contributed by atoms with van der Waals surface area (Å²) in [5.74, 6) is 0. The van der Waals surface area contributed by atoms with Crippen LogP contribution in [0.5, 0.6) is 0 Å². The lowest BCUT2D eigenvalue weighted by molar-refractivity contribution is -0.124. The van der Waals surface area contributed by atoms with Gasteiger partial charge in [-0.1, -0.05) is 179 Å². The molecule has 0 bridgehead atoms. The summed E-state index contributed by atoms with van der Waals surface area (Å²) in [6.07, 6.45) is 18.7. The summed E-state index contributed by atoms with van der Waals surface area (Å²) in [4.78, 5) is 0. The zero-order valence-electron chi connectivity index (χ0n) is 36.5. The fourth-order valence-corrected chi connectivity index (χ4v) is 11.4. The minimum Gasteiger partial charge on any atom is -0.408 e. The maximum atomic E-state index is 7.15. The molecule has 3 rings (SSSR count). The van der Waals surface area contributed by atoms with Gasteiger partial charge in [0.1, 0.15) is 6.10 Å². The predicted octanol–water partition coefficient (Wildman–Crippen LogP) is 13.8. The summed E-state index contributed by atoms with van der Waals surface area (Å²) in [7, 11) is -3.96. The first kappa shape index (κ1) is 47.5. The van der Waals surface area contributed by atoms with E-state index in [1.807, 2.05) is 6.08 Å².